The Morgan fingerprint density at radius 2 is 1.60 bits per heavy atom. The van der Waals surface area contributed by atoms with Gasteiger partial charge in [-0.3, -0.25) is 4.98 Å². The van der Waals surface area contributed by atoms with Crippen LogP contribution in [0.3, 0.4) is 0 Å². The van der Waals surface area contributed by atoms with Crippen LogP contribution in [0.5, 0.6) is 0 Å². The van der Waals surface area contributed by atoms with Crippen molar-refractivity contribution < 1.29 is 0 Å². The van der Waals surface area contributed by atoms with E-state index in [9.17, 15) is 0 Å². The number of rotatable bonds is 1. The summed E-state index contributed by atoms with van der Waals surface area (Å²) in [7, 11) is 0. The molecule has 20 heavy (non-hydrogen) atoms. The first-order valence-corrected chi connectivity index (χ1v) is 6.76. The Hall–Kier alpha value is -2.61. The maximum Gasteiger partial charge on any atom is 0.0963 e. The first-order valence-electron chi connectivity index (χ1n) is 6.76. The second-order valence-corrected chi connectivity index (χ2v) is 5.07. The van der Waals surface area contributed by atoms with Gasteiger partial charge in [0.2, 0.25) is 0 Å². The van der Waals surface area contributed by atoms with Crippen molar-refractivity contribution in [2.45, 2.75) is 6.92 Å². The highest BCUT2D eigenvalue weighted by Gasteiger charge is 2.12. The van der Waals surface area contributed by atoms with Gasteiger partial charge in [0.1, 0.15) is 0 Å². The maximum absolute atomic E-state index is 4.63. The summed E-state index contributed by atoms with van der Waals surface area (Å²) in [6.07, 6.45) is 1.93. The third-order valence-corrected chi connectivity index (χ3v) is 3.66. The van der Waals surface area contributed by atoms with Crippen LogP contribution in [0.25, 0.3) is 27.6 Å². The van der Waals surface area contributed by atoms with Crippen LogP contribution < -0.4 is 0 Å². The predicted molar refractivity (Wildman–Crippen MR) is 83.3 cm³/mol. The molecule has 0 saturated heterocycles. The minimum Gasteiger partial charge on any atom is -0.308 e. The highest BCUT2D eigenvalue weighted by Crippen LogP contribution is 2.30. The van der Waals surface area contributed by atoms with E-state index in [1.54, 1.807) is 0 Å². The molecule has 0 bridgehead atoms. The zero-order chi connectivity index (χ0) is 13.5. The third kappa shape index (κ3) is 1.55. The molecule has 0 aliphatic heterocycles. The van der Waals surface area contributed by atoms with Crippen molar-refractivity contribution in [2.75, 3.05) is 0 Å². The largest absolute Gasteiger partial charge is 0.308 e. The van der Waals surface area contributed by atoms with Crippen LogP contribution in [-0.4, -0.2) is 9.55 Å². The molecule has 0 amide bonds. The van der Waals surface area contributed by atoms with Gasteiger partial charge >= 0.3 is 0 Å². The molecule has 96 valence electrons. The van der Waals surface area contributed by atoms with Crippen molar-refractivity contribution in [1.82, 2.24) is 9.55 Å². The van der Waals surface area contributed by atoms with Crippen molar-refractivity contribution >= 4 is 21.9 Å². The lowest BCUT2D eigenvalue weighted by Crippen LogP contribution is -1.93. The smallest absolute Gasteiger partial charge is 0.0963 e. The summed E-state index contributed by atoms with van der Waals surface area (Å²) in [6.45, 7) is 2.08. The summed E-state index contributed by atoms with van der Waals surface area (Å²) in [4.78, 5) is 4.63. The monoisotopic (exact) mass is 258 g/mol. The highest BCUT2D eigenvalue weighted by atomic mass is 15.0. The standard InChI is InChI=1S/C18H14N2/c1-13-11-17-18(19-12-13)15-9-5-6-10-16(15)20(17)14-7-3-2-4-8-14/h2-12H,1H3. The van der Waals surface area contributed by atoms with E-state index in [1.807, 2.05) is 12.3 Å². The molecule has 2 aromatic carbocycles. The van der Waals surface area contributed by atoms with Gasteiger partial charge in [-0.25, -0.2) is 0 Å². The molecule has 0 N–H and O–H groups in total. The molecule has 0 aliphatic rings. The molecule has 0 spiro atoms. The zero-order valence-corrected chi connectivity index (χ0v) is 11.2. The van der Waals surface area contributed by atoms with Crippen molar-refractivity contribution in [1.29, 1.82) is 0 Å². The number of para-hydroxylation sites is 2. The first-order chi connectivity index (χ1) is 9.84. The second-order valence-electron chi connectivity index (χ2n) is 5.07. The lowest BCUT2D eigenvalue weighted by atomic mass is 10.2. The van der Waals surface area contributed by atoms with E-state index in [-0.39, 0.29) is 0 Å². The van der Waals surface area contributed by atoms with E-state index in [0.29, 0.717) is 0 Å². The van der Waals surface area contributed by atoms with Crippen LogP contribution in [0, 0.1) is 6.92 Å². The summed E-state index contributed by atoms with van der Waals surface area (Å²) in [6, 6.07) is 21.1. The van der Waals surface area contributed by atoms with Crippen molar-refractivity contribution in [3.63, 3.8) is 0 Å². The van der Waals surface area contributed by atoms with Crippen LogP contribution in [0.1, 0.15) is 5.56 Å². The van der Waals surface area contributed by atoms with Crippen LogP contribution in [0.15, 0.2) is 66.9 Å². The van der Waals surface area contributed by atoms with Crippen LogP contribution in [0.2, 0.25) is 0 Å². The van der Waals surface area contributed by atoms with Crippen LogP contribution in [-0.2, 0) is 0 Å². The summed E-state index contributed by atoms with van der Waals surface area (Å²) < 4.78 is 2.28. The van der Waals surface area contributed by atoms with Gasteiger partial charge in [0.15, 0.2) is 0 Å². The van der Waals surface area contributed by atoms with Gasteiger partial charge in [-0.2, -0.15) is 0 Å². The van der Waals surface area contributed by atoms with E-state index >= 15 is 0 Å². The average Bonchev–Trinajstić information content (AvgIpc) is 2.81. The molecule has 0 aliphatic carbocycles. The van der Waals surface area contributed by atoms with Gasteiger partial charge in [0.25, 0.3) is 0 Å². The fourth-order valence-electron chi connectivity index (χ4n) is 2.79. The second kappa shape index (κ2) is 4.20. The van der Waals surface area contributed by atoms with Gasteiger partial charge in [-0.05, 0) is 36.8 Å². The molecule has 2 heterocycles. The Labute approximate surface area is 117 Å². The Kier molecular flexibility index (Phi) is 2.36. The number of aromatic nitrogens is 2. The molecule has 0 fully saturated rings. The molecule has 2 heteroatoms. The molecule has 0 radical (unpaired) electrons. The normalized spacial score (nSPS) is 11.2. The lowest BCUT2D eigenvalue weighted by Gasteiger charge is -2.07. The maximum atomic E-state index is 4.63. The molecule has 0 unspecified atom stereocenters. The van der Waals surface area contributed by atoms with Gasteiger partial charge in [-0.15, -0.1) is 0 Å². The van der Waals surface area contributed by atoms with E-state index in [0.717, 1.165) is 11.0 Å². The Bertz CT molecular complexity index is 905. The summed E-state index contributed by atoms with van der Waals surface area (Å²) in [5.74, 6) is 0. The SMILES string of the molecule is Cc1cnc2c3ccccc3n(-c3ccccc3)c2c1. The quantitative estimate of drug-likeness (QED) is 0.492. The van der Waals surface area contributed by atoms with Crippen molar-refractivity contribution in [3.8, 4) is 5.69 Å². The third-order valence-electron chi connectivity index (χ3n) is 3.66. The minimum absolute atomic E-state index is 1.06. The minimum atomic E-state index is 1.06. The molecule has 0 atom stereocenters. The Balaban J connectivity index is 2.23. The van der Waals surface area contributed by atoms with Crippen LogP contribution >= 0.6 is 0 Å². The first kappa shape index (κ1) is 11.2. The molecular formula is C18H14N2. The predicted octanol–water partition coefficient (Wildman–Crippen LogP) is 4.49. The van der Waals surface area contributed by atoms with E-state index < -0.39 is 0 Å². The molecular weight excluding hydrogens is 244 g/mol. The van der Waals surface area contributed by atoms with Gasteiger partial charge in [0.05, 0.1) is 16.6 Å². The van der Waals surface area contributed by atoms with Gasteiger partial charge in [0, 0.05) is 17.3 Å². The number of pyridine rings is 1. The van der Waals surface area contributed by atoms with Gasteiger partial charge < -0.3 is 4.57 Å². The number of hydrogen-bond donors (Lipinski definition) is 0. The van der Waals surface area contributed by atoms with E-state index in [4.69, 9.17) is 0 Å². The van der Waals surface area contributed by atoms with E-state index in [2.05, 4.69) is 71.1 Å². The molecule has 0 saturated carbocycles. The summed E-state index contributed by atoms with van der Waals surface area (Å²) in [5, 5.41) is 1.20. The number of nitrogens with zero attached hydrogens (tertiary/aromatic N) is 2. The number of aryl methyl sites for hydroxylation is 1. The zero-order valence-electron chi connectivity index (χ0n) is 11.2. The molecule has 4 aromatic rings. The Morgan fingerprint density at radius 3 is 2.45 bits per heavy atom. The lowest BCUT2D eigenvalue weighted by molar-refractivity contribution is 1.17. The topological polar surface area (TPSA) is 17.8 Å². The van der Waals surface area contributed by atoms with E-state index in [1.165, 1.54) is 22.2 Å². The fourth-order valence-corrected chi connectivity index (χ4v) is 2.79. The Morgan fingerprint density at radius 1 is 0.850 bits per heavy atom. The molecule has 2 aromatic heterocycles. The van der Waals surface area contributed by atoms with Crippen molar-refractivity contribution in [2.24, 2.45) is 0 Å². The molecule has 4 rings (SSSR count). The highest BCUT2D eigenvalue weighted by molar-refractivity contribution is 6.07. The number of benzene rings is 2. The number of fused-ring (bicyclic) bond motifs is 3. The fraction of sp³-hybridized carbons (Fsp3) is 0.0556. The van der Waals surface area contributed by atoms with Gasteiger partial charge in [-0.1, -0.05) is 36.4 Å². The van der Waals surface area contributed by atoms with Crippen LogP contribution in [0.4, 0.5) is 0 Å². The summed E-state index contributed by atoms with van der Waals surface area (Å²) in [5.41, 5.74) is 5.78. The van der Waals surface area contributed by atoms with Crippen molar-refractivity contribution in [3.05, 3.63) is 72.4 Å². The summed E-state index contributed by atoms with van der Waals surface area (Å²) >= 11 is 0. The molecule has 2 nitrogen and oxygen atoms in total. The average molecular weight is 258 g/mol. The number of hydrogen-bond acceptors (Lipinski definition) is 1.